The second-order valence-corrected chi connectivity index (χ2v) is 9.18. The molecule has 4 rings (SSSR count). The molecule has 4 aromatic rings. The number of carbonyl (C=O) groups excluding carboxylic acids is 1. The number of carbonyl (C=O) groups is 1. The molecule has 1 aromatic heterocycles. The van der Waals surface area contributed by atoms with E-state index >= 15 is 0 Å². The third kappa shape index (κ3) is 5.64. The molecule has 1 atom stereocenters. The molecule has 0 saturated carbocycles. The Bertz CT molecular complexity index is 1270. The highest BCUT2D eigenvalue weighted by atomic mass is 79.9. The number of halogens is 1. The highest BCUT2D eigenvalue weighted by Gasteiger charge is 2.20. The fraction of sp³-hybridized carbons (Fsp3) is 0.160. The number of aromatic nitrogens is 3. The summed E-state index contributed by atoms with van der Waals surface area (Å²) < 4.78 is 8.94. The lowest BCUT2D eigenvalue weighted by Gasteiger charge is -2.16. The lowest BCUT2D eigenvalue weighted by molar-refractivity contribution is -0.113. The fourth-order valence-corrected chi connectivity index (χ4v) is 4.45. The summed E-state index contributed by atoms with van der Waals surface area (Å²) >= 11 is 4.76. The minimum absolute atomic E-state index is 0.106. The van der Waals surface area contributed by atoms with Crippen LogP contribution >= 0.6 is 27.7 Å². The first-order valence-corrected chi connectivity index (χ1v) is 12.2. The van der Waals surface area contributed by atoms with E-state index in [0.717, 1.165) is 26.7 Å². The number of nitrogens with one attached hydrogen (secondary N) is 1. The van der Waals surface area contributed by atoms with E-state index in [2.05, 4.69) is 38.0 Å². The molecule has 0 spiro atoms. The van der Waals surface area contributed by atoms with Gasteiger partial charge in [-0.3, -0.25) is 9.36 Å². The van der Waals surface area contributed by atoms with E-state index in [-0.39, 0.29) is 17.8 Å². The topological polar surface area (TPSA) is 69.0 Å². The molecular weight excluding hydrogens is 500 g/mol. The van der Waals surface area contributed by atoms with Crippen molar-refractivity contribution in [3.63, 3.8) is 0 Å². The Morgan fingerprint density at radius 1 is 1.15 bits per heavy atom. The predicted octanol–water partition coefficient (Wildman–Crippen LogP) is 6.25. The fourth-order valence-electron chi connectivity index (χ4n) is 3.43. The van der Waals surface area contributed by atoms with Gasteiger partial charge in [0.1, 0.15) is 5.75 Å². The summed E-state index contributed by atoms with van der Waals surface area (Å²) in [7, 11) is 0. The lowest BCUT2D eigenvalue weighted by atomic mass is 10.1. The molecule has 0 aliphatic carbocycles. The molecule has 0 aliphatic heterocycles. The first kappa shape index (κ1) is 23.1. The molecule has 1 amide bonds. The molecule has 0 radical (unpaired) electrons. The maximum absolute atomic E-state index is 12.7. The van der Waals surface area contributed by atoms with Gasteiger partial charge in [-0.05, 0) is 42.6 Å². The van der Waals surface area contributed by atoms with Gasteiger partial charge in [-0.15, -0.1) is 16.8 Å². The van der Waals surface area contributed by atoms with E-state index < -0.39 is 0 Å². The summed E-state index contributed by atoms with van der Waals surface area (Å²) in [6.07, 6.45) is 1.46. The molecule has 33 heavy (non-hydrogen) atoms. The number of allylic oxidation sites excluding steroid dienone is 1. The van der Waals surface area contributed by atoms with Gasteiger partial charge in [0.25, 0.3) is 0 Å². The average molecular weight is 523 g/mol. The number of hydrogen-bond donors (Lipinski definition) is 1. The van der Waals surface area contributed by atoms with Crippen molar-refractivity contribution < 1.29 is 9.53 Å². The molecule has 0 fully saturated rings. The van der Waals surface area contributed by atoms with Gasteiger partial charge in [-0.25, -0.2) is 0 Å². The zero-order valence-electron chi connectivity index (χ0n) is 18.1. The average Bonchev–Trinajstić information content (AvgIpc) is 3.22. The van der Waals surface area contributed by atoms with Gasteiger partial charge in [0.15, 0.2) is 17.1 Å². The minimum atomic E-state index is -0.322. The van der Waals surface area contributed by atoms with Crippen molar-refractivity contribution in [1.82, 2.24) is 14.8 Å². The Kier molecular flexibility index (Phi) is 7.47. The van der Waals surface area contributed by atoms with Crippen molar-refractivity contribution in [1.29, 1.82) is 0 Å². The normalized spacial score (nSPS) is 11.8. The standard InChI is InChI=1S/C25H23BrN4O2S/c1-3-15-30-24(17(2)32-20-13-11-19(26)12-14-20)28-29-25(30)33-16-23(31)27-22-10-6-8-18-7-4-5-9-21(18)22/h3-14,17H,1,15-16H2,2H3,(H,27,31). The second-order valence-electron chi connectivity index (χ2n) is 7.32. The Hall–Kier alpha value is -3.10. The molecule has 0 bridgehead atoms. The molecule has 0 aliphatic rings. The van der Waals surface area contributed by atoms with Crippen molar-refractivity contribution >= 4 is 50.1 Å². The Morgan fingerprint density at radius 3 is 2.70 bits per heavy atom. The lowest BCUT2D eigenvalue weighted by Crippen LogP contribution is -2.15. The van der Waals surface area contributed by atoms with Crippen molar-refractivity contribution in [3.8, 4) is 5.75 Å². The molecular formula is C25H23BrN4O2S. The third-order valence-electron chi connectivity index (χ3n) is 4.94. The molecule has 1 N–H and O–H groups in total. The van der Waals surface area contributed by atoms with E-state index in [4.69, 9.17) is 4.74 Å². The molecule has 3 aromatic carbocycles. The number of benzene rings is 3. The van der Waals surface area contributed by atoms with Gasteiger partial charge in [-0.2, -0.15) is 0 Å². The molecule has 6 nitrogen and oxygen atoms in total. The van der Waals surface area contributed by atoms with Crippen LogP contribution in [-0.4, -0.2) is 26.4 Å². The van der Waals surface area contributed by atoms with Crippen LogP contribution in [0.1, 0.15) is 18.9 Å². The Balaban J connectivity index is 1.44. The van der Waals surface area contributed by atoms with Gasteiger partial charge in [0.2, 0.25) is 5.91 Å². The SMILES string of the molecule is C=CCn1c(SCC(=O)Nc2cccc3ccccc23)nnc1C(C)Oc1ccc(Br)cc1. The molecule has 1 heterocycles. The van der Waals surface area contributed by atoms with Crippen molar-refractivity contribution in [2.75, 3.05) is 11.1 Å². The summed E-state index contributed by atoms with van der Waals surface area (Å²) in [6, 6.07) is 21.5. The maximum Gasteiger partial charge on any atom is 0.234 e. The van der Waals surface area contributed by atoms with E-state index in [9.17, 15) is 4.79 Å². The van der Waals surface area contributed by atoms with Gasteiger partial charge < -0.3 is 10.1 Å². The Labute approximate surface area is 205 Å². The van der Waals surface area contributed by atoms with Crippen molar-refractivity contribution in [3.05, 3.63) is 89.7 Å². The Morgan fingerprint density at radius 2 is 1.91 bits per heavy atom. The van der Waals surface area contributed by atoms with Crippen LogP contribution in [0.3, 0.4) is 0 Å². The second kappa shape index (κ2) is 10.7. The van der Waals surface area contributed by atoms with E-state index in [0.29, 0.717) is 17.5 Å². The van der Waals surface area contributed by atoms with Gasteiger partial charge in [0, 0.05) is 22.1 Å². The molecule has 0 saturated heterocycles. The van der Waals surface area contributed by atoms with Crippen LogP contribution in [0.25, 0.3) is 10.8 Å². The molecule has 168 valence electrons. The summed E-state index contributed by atoms with van der Waals surface area (Å²) in [5.41, 5.74) is 0.795. The first-order valence-electron chi connectivity index (χ1n) is 10.4. The van der Waals surface area contributed by atoms with E-state index in [1.54, 1.807) is 6.08 Å². The number of hydrogen-bond acceptors (Lipinski definition) is 5. The molecule has 1 unspecified atom stereocenters. The van der Waals surface area contributed by atoms with Crippen LogP contribution in [-0.2, 0) is 11.3 Å². The summed E-state index contributed by atoms with van der Waals surface area (Å²) in [4.78, 5) is 12.7. The van der Waals surface area contributed by atoms with Crippen LogP contribution in [0, 0.1) is 0 Å². The van der Waals surface area contributed by atoms with Gasteiger partial charge in [-0.1, -0.05) is 70.2 Å². The van der Waals surface area contributed by atoms with Crippen LogP contribution < -0.4 is 10.1 Å². The highest BCUT2D eigenvalue weighted by Crippen LogP contribution is 2.27. The highest BCUT2D eigenvalue weighted by molar-refractivity contribution is 9.10. The first-order chi connectivity index (χ1) is 16.0. The monoisotopic (exact) mass is 522 g/mol. The van der Waals surface area contributed by atoms with Gasteiger partial charge >= 0.3 is 0 Å². The largest absolute Gasteiger partial charge is 0.483 e. The maximum atomic E-state index is 12.7. The predicted molar refractivity (Wildman–Crippen MR) is 137 cm³/mol. The van der Waals surface area contributed by atoms with Crippen LogP contribution in [0.15, 0.2) is 89.0 Å². The van der Waals surface area contributed by atoms with Crippen LogP contribution in [0.5, 0.6) is 5.75 Å². The number of amides is 1. The van der Waals surface area contributed by atoms with Gasteiger partial charge in [0.05, 0.1) is 5.75 Å². The van der Waals surface area contributed by atoms with Crippen LogP contribution in [0.4, 0.5) is 5.69 Å². The number of ether oxygens (including phenoxy) is 1. The number of nitrogens with zero attached hydrogens (tertiary/aromatic N) is 3. The zero-order valence-corrected chi connectivity index (χ0v) is 20.5. The van der Waals surface area contributed by atoms with Crippen molar-refractivity contribution in [2.24, 2.45) is 0 Å². The van der Waals surface area contributed by atoms with E-state index in [1.807, 2.05) is 78.2 Å². The smallest absolute Gasteiger partial charge is 0.234 e. The summed E-state index contributed by atoms with van der Waals surface area (Å²) in [5, 5.41) is 14.4. The van der Waals surface area contributed by atoms with Crippen LogP contribution in [0.2, 0.25) is 0 Å². The number of rotatable bonds is 9. The summed E-state index contributed by atoms with van der Waals surface area (Å²) in [5.74, 6) is 1.52. The summed E-state index contributed by atoms with van der Waals surface area (Å²) in [6.45, 7) is 6.28. The quantitative estimate of drug-likeness (QED) is 0.208. The zero-order chi connectivity index (χ0) is 23.2. The number of anilines is 1. The van der Waals surface area contributed by atoms with Crippen molar-refractivity contribution in [2.45, 2.75) is 24.7 Å². The number of fused-ring (bicyclic) bond motifs is 1. The minimum Gasteiger partial charge on any atom is -0.483 e. The van der Waals surface area contributed by atoms with E-state index in [1.165, 1.54) is 11.8 Å². The third-order valence-corrected chi connectivity index (χ3v) is 6.44. The molecule has 8 heteroatoms. The number of thioether (sulfide) groups is 1.